The van der Waals surface area contributed by atoms with E-state index in [1.807, 2.05) is 45.9 Å². The summed E-state index contributed by atoms with van der Waals surface area (Å²) < 4.78 is 29.8. The third-order valence-electron chi connectivity index (χ3n) is 11.8. The molecule has 2 aliphatic rings. The summed E-state index contributed by atoms with van der Waals surface area (Å²) in [6, 6.07) is 23.9. The van der Waals surface area contributed by atoms with Crippen molar-refractivity contribution < 1.29 is 43.2 Å². The van der Waals surface area contributed by atoms with Gasteiger partial charge in [0.05, 0.1) is 52.1 Å². The highest BCUT2D eigenvalue weighted by molar-refractivity contribution is 5.98. The van der Waals surface area contributed by atoms with Crippen molar-refractivity contribution in [1.29, 1.82) is 0 Å². The molecular weight excluding hydrogens is 741 g/mol. The van der Waals surface area contributed by atoms with Gasteiger partial charge in [-0.3, -0.25) is 9.59 Å². The molecule has 13 heteroatoms. The van der Waals surface area contributed by atoms with E-state index in [1.54, 1.807) is 50.6 Å². The Hall–Kier alpha value is -6.08. The maximum Gasteiger partial charge on any atom is 0.335 e. The van der Waals surface area contributed by atoms with Gasteiger partial charge in [-0.1, -0.05) is 30.3 Å². The zero-order valence-corrected chi connectivity index (χ0v) is 33.7. The van der Waals surface area contributed by atoms with Crippen LogP contribution < -0.4 is 23.7 Å². The van der Waals surface area contributed by atoms with E-state index in [9.17, 15) is 19.5 Å². The highest BCUT2D eigenvalue weighted by Crippen LogP contribution is 2.43. The van der Waals surface area contributed by atoms with E-state index >= 15 is 0 Å². The third kappa shape index (κ3) is 7.91. The van der Waals surface area contributed by atoms with E-state index in [0.717, 1.165) is 54.6 Å². The van der Waals surface area contributed by atoms with Crippen LogP contribution in [0.25, 0.3) is 11.0 Å². The Bertz CT molecular complexity index is 2270. The van der Waals surface area contributed by atoms with Gasteiger partial charge in [-0.15, -0.1) is 0 Å². The van der Waals surface area contributed by atoms with Gasteiger partial charge in [-0.05, 0) is 105 Å². The van der Waals surface area contributed by atoms with E-state index < -0.39 is 5.97 Å². The molecule has 0 bridgehead atoms. The topological polar surface area (TPSA) is 142 Å². The number of likely N-dealkylation sites (tertiary alicyclic amines) is 2. The lowest BCUT2D eigenvalue weighted by Gasteiger charge is -2.36. The highest BCUT2D eigenvalue weighted by atomic mass is 16.5. The Morgan fingerprint density at radius 1 is 0.759 bits per heavy atom. The number of carbonyl (C=O) groups is 3. The number of para-hydroxylation sites is 2. The quantitative estimate of drug-likeness (QED) is 0.115. The van der Waals surface area contributed by atoms with Crippen molar-refractivity contribution in [2.45, 2.75) is 37.6 Å². The number of piperidine rings is 1. The Morgan fingerprint density at radius 3 is 2.07 bits per heavy atom. The van der Waals surface area contributed by atoms with Crippen LogP contribution in [0.15, 0.2) is 78.9 Å². The van der Waals surface area contributed by atoms with Crippen molar-refractivity contribution in [2.75, 3.05) is 68.3 Å². The minimum atomic E-state index is -0.981. The lowest BCUT2D eigenvalue weighted by atomic mass is 9.76. The summed E-state index contributed by atoms with van der Waals surface area (Å²) in [5, 5.41) is 9.36. The van der Waals surface area contributed by atoms with Crippen molar-refractivity contribution in [3.8, 4) is 28.7 Å². The fourth-order valence-corrected chi connectivity index (χ4v) is 8.52. The number of ether oxygens (including phenoxy) is 5. The van der Waals surface area contributed by atoms with Gasteiger partial charge in [0.2, 0.25) is 11.5 Å². The largest absolute Gasteiger partial charge is 0.493 e. The summed E-state index contributed by atoms with van der Waals surface area (Å²) in [6.45, 7) is 3.75. The van der Waals surface area contributed by atoms with Crippen molar-refractivity contribution in [3.05, 3.63) is 107 Å². The molecule has 1 atom stereocenters. The van der Waals surface area contributed by atoms with Crippen LogP contribution in [0.5, 0.6) is 28.7 Å². The highest BCUT2D eigenvalue weighted by Gasteiger charge is 2.43. The Morgan fingerprint density at radius 2 is 1.43 bits per heavy atom. The zero-order valence-electron chi connectivity index (χ0n) is 33.7. The van der Waals surface area contributed by atoms with Gasteiger partial charge in [0, 0.05) is 36.5 Å². The molecule has 7 rings (SSSR count). The van der Waals surface area contributed by atoms with Gasteiger partial charge in [0.1, 0.15) is 0 Å². The predicted octanol–water partition coefficient (Wildman–Crippen LogP) is 6.59. The number of benzene rings is 4. The van der Waals surface area contributed by atoms with Crippen LogP contribution >= 0.6 is 0 Å². The molecule has 0 saturated carbocycles. The number of methoxy groups -OCH3 is 5. The SMILES string of the molecule is COc1ccc(C2(CCN3CCC(C(=O)c4nc5ccccc5n4Cc4ccc(C(=O)O)cc4)CC3)CCN(C(=O)c3cc(OC)c(OC)c(OC)c3)C2)cc1OC. The van der Waals surface area contributed by atoms with E-state index in [-0.39, 0.29) is 28.6 Å². The van der Waals surface area contributed by atoms with Gasteiger partial charge in [-0.2, -0.15) is 0 Å². The molecule has 304 valence electrons. The second-order valence-corrected chi connectivity index (χ2v) is 15.0. The Labute approximate surface area is 338 Å². The second kappa shape index (κ2) is 17.2. The number of nitrogens with zero attached hydrogens (tertiary/aromatic N) is 4. The van der Waals surface area contributed by atoms with E-state index in [4.69, 9.17) is 28.7 Å². The number of Topliss-reactive ketones (excluding diaryl/α,β-unsaturated/α-hetero) is 1. The number of hydrogen-bond acceptors (Lipinski definition) is 10. The van der Waals surface area contributed by atoms with Gasteiger partial charge < -0.3 is 43.2 Å². The average molecular weight is 791 g/mol. The molecule has 3 heterocycles. The molecule has 1 aromatic heterocycles. The molecule has 1 unspecified atom stereocenters. The summed E-state index contributed by atoms with van der Waals surface area (Å²) >= 11 is 0. The normalized spacial score (nSPS) is 17.3. The number of carbonyl (C=O) groups excluding carboxylic acids is 2. The first-order valence-corrected chi connectivity index (χ1v) is 19.5. The Balaban J connectivity index is 1.07. The molecule has 5 aromatic rings. The molecule has 1 N–H and O–H groups in total. The molecule has 4 aromatic carbocycles. The number of aromatic nitrogens is 2. The molecule has 0 radical (unpaired) electrons. The number of ketones is 1. The molecule has 0 spiro atoms. The van der Waals surface area contributed by atoms with E-state index in [2.05, 4.69) is 11.0 Å². The van der Waals surface area contributed by atoms with Crippen LogP contribution in [0.4, 0.5) is 0 Å². The minimum absolute atomic E-state index is 0.0246. The standard InChI is InChI=1S/C45H50N4O9/c1-54-36-15-14-33(26-37(36)55-2)45(19-23-48(28-45)43(51)32-24-38(56-3)41(58-5)39(25-32)57-4)18-22-47-20-16-30(17-21-47)40(50)42-46-34-8-6-7-9-35(34)49(42)27-29-10-12-31(13-11-29)44(52)53/h6-15,24-26,30H,16-23,27-28H2,1-5H3,(H,52,53). The van der Waals surface area contributed by atoms with Crippen molar-refractivity contribution in [3.63, 3.8) is 0 Å². The summed E-state index contributed by atoms with van der Waals surface area (Å²) in [5.74, 6) is 1.71. The van der Waals surface area contributed by atoms with Gasteiger partial charge >= 0.3 is 5.97 Å². The minimum Gasteiger partial charge on any atom is -0.493 e. The van der Waals surface area contributed by atoms with Gasteiger partial charge in [0.25, 0.3) is 5.91 Å². The van der Waals surface area contributed by atoms with Crippen molar-refractivity contribution in [1.82, 2.24) is 19.4 Å². The molecule has 58 heavy (non-hydrogen) atoms. The van der Waals surface area contributed by atoms with E-state index in [1.165, 1.54) is 21.3 Å². The van der Waals surface area contributed by atoms with Crippen molar-refractivity contribution >= 4 is 28.7 Å². The first-order valence-electron chi connectivity index (χ1n) is 19.5. The molecule has 2 saturated heterocycles. The number of carboxylic acid groups (broad SMARTS) is 1. The Kier molecular flexibility index (Phi) is 11.9. The monoisotopic (exact) mass is 790 g/mol. The van der Waals surface area contributed by atoms with Crippen molar-refractivity contribution in [2.24, 2.45) is 5.92 Å². The number of fused-ring (bicyclic) bond motifs is 1. The third-order valence-corrected chi connectivity index (χ3v) is 11.8. The van der Waals surface area contributed by atoms with Crippen LogP contribution in [-0.4, -0.2) is 110 Å². The van der Waals surface area contributed by atoms with Crippen LogP contribution in [-0.2, 0) is 12.0 Å². The van der Waals surface area contributed by atoms with Crippen LogP contribution in [0.1, 0.15) is 68.1 Å². The summed E-state index contributed by atoms with van der Waals surface area (Å²) in [6.07, 6.45) is 2.94. The molecule has 0 aliphatic carbocycles. The number of rotatable bonds is 15. The van der Waals surface area contributed by atoms with Crippen LogP contribution in [0.2, 0.25) is 0 Å². The molecule has 2 fully saturated rings. The van der Waals surface area contributed by atoms with Crippen LogP contribution in [0, 0.1) is 5.92 Å². The fraction of sp³-hybridized carbons (Fsp3) is 0.378. The van der Waals surface area contributed by atoms with E-state index in [0.29, 0.717) is 72.6 Å². The molecule has 13 nitrogen and oxygen atoms in total. The molecule has 1 amide bonds. The summed E-state index contributed by atoms with van der Waals surface area (Å²) in [4.78, 5) is 48.9. The van der Waals surface area contributed by atoms with Crippen LogP contribution in [0.3, 0.4) is 0 Å². The first-order chi connectivity index (χ1) is 28.1. The second-order valence-electron chi connectivity index (χ2n) is 15.0. The maximum absolute atomic E-state index is 14.2. The van der Waals surface area contributed by atoms with Gasteiger partial charge in [-0.25, -0.2) is 9.78 Å². The average Bonchev–Trinajstić information content (AvgIpc) is 3.87. The molecule has 2 aliphatic heterocycles. The number of carboxylic acids is 1. The number of amides is 1. The lowest BCUT2D eigenvalue weighted by Crippen LogP contribution is -2.41. The number of aromatic carboxylic acids is 1. The smallest absolute Gasteiger partial charge is 0.335 e. The zero-order chi connectivity index (χ0) is 41.0. The summed E-state index contributed by atoms with van der Waals surface area (Å²) in [5.41, 5.74) is 3.87. The number of imidazole rings is 1. The fourth-order valence-electron chi connectivity index (χ4n) is 8.52. The molecular formula is C45H50N4O9. The van der Waals surface area contributed by atoms with Gasteiger partial charge in [0.15, 0.2) is 28.8 Å². The summed E-state index contributed by atoms with van der Waals surface area (Å²) in [7, 11) is 7.84. The first kappa shape index (κ1) is 40.1. The lowest BCUT2D eigenvalue weighted by molar-refractivity contribution is 0.0695. The maximum atomic E-state index is 14.2. The predicted molar refractivity (Wildman–Crippen MR) is 218 cm³/mol. The number of hydrogen-bond donors (Lipinski definition) is 1.